The van der Waals surface area contributed by atoms with Crippen LogP contribution < -0.4 is 0 Å². The Morgan fingerprint density at radius 3 is 2.75 bits per heavy atom. The van der Waals surface area contributed by atoms with Gasteiger partial charge in [0.25, 0.3) is 0 Å². The smallest absolute Gasteiger partial charge is 0.193 e. The highest BCUT2D eigenvalue weighted by Gasteiger charge is 2.27. The molecule has 1 N–H and O–H groups in total. The lowest BCUT2D eigenvalue weighted by atomic mass is 9.79. The first-order valence-electron chi connectivity index (χ1n) is 7.20. The molecule has 0 amide bonds. The molecule has 4 rings (SSSR count). The van der Waals surface area contributed by atoms with Gasteiger partial charge in [-0.1, -0.05) is 30.3 Å². The van der Waals surface area contributed by atoms with Crippen molar-refractivity contribution in [2.24, 2.45) is 0 Å². The summed E-state index contributed by atoms with van der Waals surface area (Å²) in [5.41, 5.74) is 5.99. The number of fused-ring (bicyclic) bond motifs is 3. The molecule has 0 saturated heterocycles. The Morgan fingerprint density at radius 1 is 1.00 bits per heavy atom. The Morgan fingerprint density at radius 2 is 1.85 bits per heavy atom. The van der Waals surface area contributed by atoms with Crippen LogP contribution in [0.3, 0.4) is 0 Å². The van der Waals surface area contributed by atoms with E-state index in [1.807, 2.05) is 30.3 Å². The van der Waals surface area contributed by atoms with Crippen LogP contribution in [-0.2, 0) is 12.8 Å². The number of aliphatic hydroxyl groups excluding tert-OH is 1. The van der Waals surface area contributed by atoms with Gasteiger partial charge in [-0.2, -0.15) is 0 Å². The number of aliphatic hydroxyl groups is 1. The maximum atomic E-state index is 12.6. The number of carbonyl (C=O) groups is 1. The fourth-order valence-corrected chi connectivity index (χ4v) is 3.48. The Balaban J connectivity index is 1.89. The van der Waals surface area contributed by atoms with Gasteiger partial charge in [-0.3, -0.25) is 4.79 Å². The summed E-state index contributed by atoms with van der Waals surface area (Å²) in [4.78, 5) is 12.6. The van der Waals surface area contributed by atoms with Gasteiger partial charge in [0.1, 0.15) is 0 Å². The lowest BCUT2D eigenvalue weighted by Gasteiger charge is -2.26. The van der Waals surface area contributed by atoms with E-state index in [1.54, 1.807) is 0 Å². The van der Waals surface area contributed by atoms with E-state index < -0.39 is 0 Å². The summed E-state index contributed by atoms with van der Waals surface area (Å²) in [5, 5.41) is 10.1. The van der Waals surface area contributed by atoms with Crippen LogP contribution in [0.15, 0.2) is 36.4 Å². The number of ketones is 1. The highest BCUT2D eigenvalue weighted by atomic mass is 16.3. The molecule has 0 radical (unpaired) electrons. The first-order chi connectivity index (χ1) is 9.74. The first kappa shape index (κ1) is 11.9. The van der Waals surface area contributed by atoms with Crippen LogP contribution in [0.25, 0.3) is 0 Å². The van der Waals surface area contributed by atoms with E-state index in [0.717, 1.165) is 59.1 Å². The fraction of sp³-hybridized carbons (Fsp3) is 0.278. The average molecular weight is 264 g/mol. The summed E-state index contributed by atoms with van der Waals surface area (Å²) in [6, 6.07) is 11.9. The molecular weight excluding hydrogens is 248 g/mol. The molecule has 20 heavy (non-hydrogen) atoms. The van der Waals surface area contributed by atoms with Crippen LogP contribution >= 0.6 is 0 Å². The topological polar surface area (TPSA) is 37.3 Å². The monoisotopic (exact) mass is 264 g/mol. The first-order valence-corrected chi connectivity index (χ1v) is 7.20. The minimum atomic E-state index is -0.365. The van der Waals surface area contributed by atoms with Crippen molar-refractivity contribution < 1.29 is 9.90 Å². The quantitative estimate of drug-likeness (QED) is 0.677. The highest BCUT2D eigenvalue weighted by molar-refractivity contribution is 6.12. The molecule has 2 heteroatoms. The van der Waals surface area contributed by atoms with Crippen molar-refractivity contribution in [3.8, 4) is 0 Å². The third-order valence-corrected chi connectivity index (χ3v) is 4.54. The van der Waals surface area contributed by atoms with Crippen LogP contribution in [0.1, 0.15) is 57.1 Å². The third-order valence-electron chi connectivity index (χ3n) is 4.54. The average Bonchev–Trinajstić information content (AvgIpc) is 2.47. The van der Waals surface area contributed by atoms with Gasteiger partial charge in [0, 0.05) is 11.1 Å². The van der Waals surface area contributed by atoms with E-state index in [-0.39, 0.29) is 11.9 Å². The third kappa shape index (κ3) is 1.65. The molecule has 0 heterocycles. The van der Waals surface area contributed by atoms with Gasteiger partial charge in [0.15, 0.2) is 5.78 Å². The Labute approximate surface area is 118 Å². The summed E-state index contributed by atoms with van der Waals surface area (Å²) in [6.45, 7) is 0. The van der Waals surface area contributed by atoms with E-state index in [4.69, 9.17) is 0 Å². The molecule has 0 bridgehead atoms. The molecule has 2 nitrogen and oxygen atoms in total. The Hall–Kier alpha value is -1.93. The largest absolute Gasteiger partial charge is 0.388 e. The zero-order valence-electron chi connectivity index (χ0n) is 11.2. The fourth-order valence-electron chi connectivity index (χ4n) is 3.48. The van der Waals surface area contributed by atoms with E-state index in [9.17, 15) is 9.90 Å². The molecule has 0 spiro atoms. The van der Waals surface area contributed by atoms with Crippen molar-refractivity contribution in [2.45, 2.75) is 31.8 Å². The maximum absolute atomic E-state index is 12.6. The van der Waals surface area contributed by atoms with Gasteiger partial charge in [0.05, 0.1) is 6.10 Å². The number of hydrogen-bond acceptors (Lipinski definition) is 2. The number of rotatable bonds is 0. The normalized spacial score (nSPS) is 20.1. The summed E-state index contributed by atoms with van der Waals surface area (Å²) in [6.07, 6.45) is 3.22. The van der Waals surface area contributed by atoms with Gasteiger partial charge in [-0.25, -0.2) is 0 Å². The predicted octanol–water partition coefficient (Wildman–Crippen LogP) is 3.19. The molecule has 2 aliphatic rings. The molecular formula is C18H16O2. The van der Waals surface area contributed by atoms with Crippen molar-refractivity contribution in [3.05, 3.63) is 69.8 Å². The number of hydrogen-bond donors (Lipinski definition) is 1. The molecule has 0 fully saturated rings. The van der Waals surface area contributed by atoms with E-state index in [2.05, 4.69) is 6.07 Å². The van der Waals surface area contributed by atoms with E-state index >= 15 is 0 Å². The van der Waals surface area contributed by atoms with Crippen LogP contribution in [0.5, 0.6) is 0 Å². The van der Waals surface area contributed by atoms with Crippen molar-refractivity contribution in [1.82, 2.24) is 0 Å². The van der Waals surface area contributed by atoms with Crippen LogP contribution in [0, 0.1) is 0 Å². The molecule has 0 aliphatic heterocycles. The number of aryl methyl sites for hydroxylation is 1. The number of carbonyl (C=O) groups excluding carboxylic acids is 1. The van der Waals surface area contributed by atoms with E-state index in [0.29, 0.717) is 0 Å². The second kappa shape index (κ2) is 4.29. The zero-order valence-corrected chi connectivity index (χ0v) is 11.2. The molecule has 100 valence electrons. The van der Waals surface area contributed by atoms with Crippen molar-refractivity contribution >= 4 is 5.78 Å². The standard InChI is InChI=1S/C18H16O2/c19-17-7-3-5-12-9-16-13(10-15(12)17)8-11-4-1-2-6-14(11)18(16)20/h1-2,4,6,9-10,17,19H,3,5,7-8H2. The summed E-state index contributed by atoms with van der Waals surface area (Å²) in [5.74, 6) is 0.129. The lowest BCUT2D eigenvalue weighted by molar-refractivity contribution is 0.103. The van der Waals surface area contributed by atoms with Crippen LogP contribution in [0.4, 0.5) is 0 Å². The van der Waals surface area contributed by atoms with Crippen molar-refractivity contribution in [2.75, 3.05) is 0 Å². The molecule has 1 unspecified atom stereocenters. The molecule has 2 aromatic rings. The van der Waals surface area contributed by atoms with Gasteiger partial charge in [0.2, 0.25) is 0 Å². The maximum Gasteiger partial charge on any atom is 0.193 e. The second-order valence-corrected chi connectivity index (χ2v) is 5.78. The Kier molecular flexibility index (Phi) is 2.54. The van der Waals surface area contributed by atoms with E-state index in [1.165, 1.54) is 0 Å². The van der Waals surface area contributed by atoms with Gasteiger partial charge in [-0.15, -0.1) is 0 Å². The SMILES string of the molecule is O=C1c2ccccc2Cc2cc3c(cc21)CCCC3O. The summed E-state index contributed by atoms with van der Waals surface area (Å²) >= 11 is 0. The van der Waals surface area contributed by atoms with Gasteiger partial charge < -0.3 is 5.11 Å². The van der Waals surface area contributed by atoms with Crippen molar-refractivity contribution in [1.29, 1.82) is 0 Å². The predicted molar refractivity (Wildman–Crippen MR) is 77.0 cm³/mol. The Bertz CT molecular complexity index is 715. The molecule has 1 atom stereocenters. The van der Waals surface area contributed by atoms with Crippen LogP contribution in [-0.4, -0.2) is 10.9 Å². The molecule has 2 aliphatic carbocycles. The summed E-state index contributed by atoms with van der Waals surface area (Å²) in [7, 11) is 0. The summed E-state index contributed by atoms with van der Waals surface area (Å²) < 4.78 is 0. The highest BCUT2D eigenvalue weighted by Crippen LogP contribution is 2.35. The lowest BCUT2D eigenvalue weighted by Crippen LogP contribution is -2.18. The molecule has 2 aromatic carbocycles. The second-order valence-electron chi connectivity index (χ2n) is 5.78. The minimum Gasteiger partial charge on any atom is -0.388 e. The number of benzene rings is 2. The van der Waals surface area contributed by atoms with Crippen molar-refractivity contribution in [3.63, 3.8) is 0 Å². The molecule has 0 aromatic heterocycles. The van der Waals surface area contributed by atoms with Crippen LogP contribution in [0.2, 0.25) is 0 Å². The van der Waals surface area contributed by atoms with Gasteiger partial charge >= 0.3 is 0 Å². The minimum absolute atomic E-state index is 0.129. The molecule has 0 saturated carbocycles. The zero-order chi connectivity index (χ0) is 13.7. The van der Waals surface area contributed by atoms with Gasteiger partial charge in [-0.05, 0) is 54.0 Å².